The molecule has 3 aliphatic heterocycles. The summed E-state index contributed by atoms with van der Waals surface area (Å²) in [5, 5.41) is 16.4. The number of sulfone groups is 1. The number of carbonyl (C=O) groups is 1. The Hall–Kier alpha value is -3.55. The van der Waals surface area contributed by atoms with E-state index in [2.05, 4.69) is 20.2 Å². The number of amides is 1. The van der Waals surface area contributed by atoms with E-state index in [1.165, 1.54) is 23.1 Å². The maximum absolute atomic E-state index is 16.0. The van der Waals surface area contributed by atoms with Crippen molar-refractivity contribution in [1.29, 1.82) is 0 Å². The third kappa shape index (κ3) is 7.07. The van der Waals surface area contributed by atoms with Gasteiger partial charge in [-0.15, -0.1) is 0 Å². The SMILES string of the molecule is Cn1cc(S(=O)(=O)c2ccc(N3CC(F)(CN4CCC([C@@H]([C@H]5CCC[C@@H]5NC(=O)O)[C@@H](c5cccc(F)c5)N5CCC5)CC4)C3)cc2)cn1. The third-order valence-corrected chi connectivity index (χ3v) is 13.1. The summed E-state index contributed by atoms with van der Waals surface area (Å²) >= 11 is 0. The maximum Gasteiger partial charge on any atom is 0.404 e. The molecule has 3 aromatic rings. The second-order valence-electron chi connectivity index (χ2n) is 14.6. The maximum atomic E-state index is 16.0. The number of benzene rings is 2. The summed E-state index contributed by atoms with van der Waals surface area (Å²) in [4.78, 5) is 18.7. The Labute approximate surface area is 287 Å². The summed E-state index contributed by atoms with van der Waals surface area (Å²) in [6, 6.07) is 13.4. The van der Waals surface area contributed by atoms with Gasteiger partial charge >= 0.3 is 6.09 Å². The first-order valence-electron chi connectivity index (χ1n) is 17.5. The second-order valence-corrected chi connectivity index (χ2v) is 16.5. The van der Waals surface area contributed by atoms with Crippen molar-refractivity contribution in [3.8, 4) is 0 Å². The van der Waals surface area contributed by atoms with Crippen LogP contribution in [0.25, 0.3) is 0 Å². The highest BCUT2D eigenvalue weighted by Crippen LogP contribution is 2.49. The molecule has 4 atom stereocenters. The van der Waals surface area contributed by atoms with Crippen LogP contribution >= 0.6 is 0 Å². The summed E-state index contributed by atoms with van der Waals surface area (Å²) in [6.07, 6.45) is 7.38. The van der Waals surface area contributed by atoms with Crippen LogP contribution in [0.3, 0.4) is 0 Å². The number of rotatable bonds is 11. The average molecular weight is 697 g/mol. The molecule has 264 valence electrons. The van der Waals surface area contributed by atoms with E-state index in [9.17, 15) is 22.7 Å². The standard InChI is InChI=1S/C36H46F2N6O4S/c1-41-21-30(20-39-41)49(47,48)29-11-9-28(10-12-29)44-23-36(38,24-44)22-42-17-13-25(14-18-42)33(31-7-3-8-32(31)40-35(45)46)34(43-15-4-16-43)26-5-2-6-27(37)19-26/h2,5-6,9-12,19-21,25,31-34,40H,3-4,7-8,13-18,22-24H2,1H3,(H,45,46)/t31-,32-,33-,34+/m0/s1. The van der Waals surface area contributed by atoms with Gasteiger partial charge in [-0.1, -0.05) is 18.6 Å². The minimum atomic E-state index is -3.67. The number of nitrogens with one attached hydrogen (secondary N) is 1. The molecule has 1 saturated carbocycles. The van der Waals surface area contributed by atoms with Gasteiger partial charge in [0.05, 0.1) is 24.2 Å². The number of halogens is 2. The van der Waals surface area contributed by atoms with E-state index in [1.807, 2.05) is 11.0 Å². The van der Waals surface area contributed by atoms with Gasteiger partial charge < -0.3 is 15.3 Å². The van der Waals surface area contributed by atoms with Gasteiger partial charge in [-0.05, 0) is 118 Å². The van der Waals surface area contributed by atoms with Crippen molar-refractivity contribution >= 4 is 21.6 Å². The molecule has 10 nitrogen and oxygen atoms in total. The molecule has 7 rings (SSSR count). The molecule has 0 bridgehead atoms. The highest BCUT2D eigenvalue weighted by molar-refractivity contribution is 7.91. The predicted molar refractivity (Wildman–Crippen MR) is 181 cm³/mol. The zero-order chi connectivity index (χ0) is 34.3. The summed E-state index contributed by atoms with van der Waals surface area (Å²) in [7, 11) is -2.01. The number of alkyl halides is 1. The largest absolute Gasteiger partial charge is 0.465 e. The number of aromatic nitrogens is 2. The van der Waals surface area contributed by atoms with E-state index in [4.69, 9.17) is 0 Å². The Kier molecular flexibility index (Phi) is 9.44. The second kappa shape index (κ2) is 13.6. The molecule has 2 aromatic carbocycles. The molecule has 4 heterocycles. The van der Waals surface area contributed by atoms with Crippen molar-refractivity contribution in [3.05, 3.63) is 72.3 Å². The molecule has 13 heteroatoms. The Bertz CT molecular complexity index is 1740. The van der Waals surface area contributed by atoms with Gasteiger partial charge in [-0.2, -0.15) is 5.10 Å². The lowest BCUT2D eigenvalue weighted by atomic mass is 9.68. The van der Waals surface area contributed by atoms with Crippen LogP contribution in [0.2, 0.25) is 0 Å². The van der Waals surface area contributed by atoms with Gasteiger partial charge in [0.2, 0.25) is 9.84 Å². The van der Waals surface area contributed by atoms with Crippen LogP contribution in [0, 0.1) is 23.6 Å². The van der Waals surface area contributed by atoms with Crippen molar-refractivity contribution in [2.45, 2.75) is 66.1 Å². The number of nitrogens with zero attached hydrogens (tertiary/aromatic N) is 5. The lowest BCUT2D eigenvalue weighted by molar-refractivity contribution is -0.00951. The fraction of sp³-hybridized carbons (Fsp3) is 0.556. The molecule has 4 fully saturated rings. The van der Waals surface area contributed by atoms with Gasteiger partial charge in [0, 0.05) is 37.6 Å². The van der Waals surface area contributed by atoms with E-state index < -0.39 is 21.6 Å². The molecule has 2 N–H and O–H groups in total. The Morgan fingerprint density at radius 3 is 2.37 bits per heavy atom. The molecule has 0 spiro atoms. The van der Waals surface area contributed by atoms with E-state index >= 15 is 4.39 Å². The number of hydrogen-bond donors (Lipinski definition) is 2. The molecule has 1 amide bonds. The third-order valence-electron chi connectivity index (χ3n) is 11.3. The number of aryl methyl sites for hydroxylation is 1. The van der Waals surface area contributed by atoms with Crippen LogP contribution in [0.4, 0.5) is 19.3 Å². The molecule has 1 aromatic heterocycles. The Morgan fingerprint density at radius 2 is 1.76 bits per heavy atom. The van der Waals surface area contributed by atoms with Crippen molar-refractivity contribution < 1.29 is 27.1 Å². The quantitative estimate of drug-likeness (QED) is 0.284. The highest BCUT2D eigenvalue weighted by atomic mass is 32.2. The van der Waals surface area contributed by atoms with Crippen LogP contribution in [-0.2, 0) is 16.9 Å². The first-order chi connectivity index (χ1) is 23.5. The number of hydrogen-bond acceptors (Lipinski definition) is 7. The van der Waals surface area contributed by atoms with Crippen molar-refractivity contribution in [2.75, 3.05) is 50.7 Å². The summed E-state index contributed by atoms with van der Waals surface area (Å²) in [6.45, 7) is 4.23. The van der Waals surface area contributed by atoms with Gasteiger partial charge in [-0.3, -0.25) is 14.5 Å². The van der Waals surface area contributed by atoms with Crippen LogP contribution in [0.1, 0.15) is 50.1 Å². The molecule has 49 heavy (non-hydrogen) atoms. The molecular weight excluding hydrogens is 650 g/mol. The number of piperidine rings is 1. The molecular formula is C36H46F2N6O4S. The molecule has 3 saturated heterocycles. The zero-order valence-electron chi connectivity index (χ0n) is 27.9. The fourth-order valence-corrected chi connectivity index (χ4v) is 10.2. The summed E-state index contributed by atoms with van der Waals surface area (Å²) in [5.41, 5.74) is 0.389. The van der Waals surface area contributed by atoms with Crippen LogP contribution < -0.4 is 10.2 Å². The number of likely N-dealkylation sites (tertiary alicyclic amines) is 2. The Balaban J connectivity index is 1.00. The van der Waals surface area contributed by atoms with Gasteiger partial charge in [0.25, 0.3) is 0 Å². The van der Waals surface area contributed by atoms with E-state index in [0.717, 1.165) is 76.0 Å². The van der Waals surface area contributed by atoms with Gasteiger partial charge in [-0.25, -0.2) is 22.0 Å². The lowest BCUT2D eigenvalue weighted by Gasteiger charge is -2.51. The zero-order valence-corrected chi connectivity index (χ0v) is 28.7. The van der Waals surface area contributed by atoms with E-state index in [0.29, 0.717) is 12.5 Å². The first kappa shape index (κ1) is 33.9. The topological polar surface area (TPSA) is 111 Å². The highest BCUT2D eigenvalue weighted by Gasteiger charge is 2.48. The van der Waals surface area contributed by atoms with Gasteiger partial charge in [0.15, 0.2) is 5.67 Å². The summed E-state index contributed by atoms with van der Waals surface area (Å²) < 4.78 is 57.9. The Morgan fingerprint density at radius 1 is 1.02 bits per heavy atom. The van der Waals surface area contributed by atoms with Crippen molar-refractivity contribution in [2.24, 2.45) is 24.8 Å². The average Bonchev–Trinajstić information content (AvgIpc) is 3.68. The predicted octanol–water partition coefficient (Wildman–Crippen LogP) is 5.13. The number of anilines is 1. The van der Waals surface area contributed by atoms with E-state index in [1.54, 1.807) is 43.4 Å². The smallest absolute Gasteiger partial charge is 0.404 e. The monoisotopic (exact) mass is 696 g/mol. The molecule has 0 radical (unpaired) electrons. The molecule has 4 aliphatic rings. The number of carboxylic acid groups (broad SMARTS) is 1. The summed E-state index contributed by atoms with van der Waals surface area (Å²) in [5.74, 6) is 0.366. The van der Waals surface area contributed by atoms with Crippen molar-refractivity contribution in [3.63, 3.8) is 0 Å². The van der Waals surface area contributed by atoms with Crippen LogP contribution in [-0.4, -0.2) is 96.7 Å². The van der Waals surface area contributed by atoms with Crippen LogP contribution in [0.15, 0.2) is 70.7 Å². The first-order valence-corrected chi connectivity index (χ1v) is 19.0. The van der Waals surface area contributed by atoms with Crippen molar-refractivity contribution in [1.82, 2.24) is 24.9 Å². The van der Waals surface area contributed by atoms with E-state index in [-0.39, 0.29) is 52.6 Å². The normalized spacial score (nSPS) is 24.6. The molecule has 0 unspecified atom stereocenters. The minimum Gasteiger partial charge on any atom is -0.465 e. The van der Waals surface area contributed by atoms with Gasteiger partial charge in [0.1, 0.15) is 10.7 Å². The fourth-order valence-electron chi connectivity index (χ4n) is 8.94. The van der Waals surface area contributed by atoms with Crippen LogP contribution in [0.5, 0.6) is 0 Å². The lowest BCUT2D eigenvalue weighted by Crippen LogP contribution is -2.64. The minimum absolute atomic E-state index is 0.0145. The molecule has 1 aliphatic carbocycles.